The molecule has 1 aliphatic carbocycles. The highest BCUT2D eigenvalue weighted by atomic mass is 16.5. The molecule has 212 valence electrons. The Morgan fingerprint density at radius 3 is 2.28 bits per heavy atom. The summed E-state index contributed by atoms with van der Waals surface area (Å²) in [5, 5.41) is 9.73. The Hall–Kier alpha value is -3.08. The number of hydrogen-bond donors (Lipinski definition) is 1. The molecule has 0 aromatic heterocycles. The van der Waals surface area contributed by atoms with E-state index < -0.39 is 5.97 Å². The molecule has 0 unspecified atom stereocenters. The fraction of sp³-hybridized carbons (Fsp3) is 0.529. The first-order valence-electron chi connectivity index (χ1n) is 14.9. The molecule has 3 rings (SSSR count). The van der Waals surface area contributed by atoms with Crippen molar-refractivity contribution in [2.75, 3.05) is 6.61 Å². The van der Waals surface area contributed by atoms with Crippen molar-refractivity contribution in [2.45, 2.75) is 96.8 Å². The molecule has 39 heavy (non-hydrogen) atoms. The van der Waals surface area contributed by atoms with Crippen LogP contribution in [0.4, 0.5) is 0 Å². The minimum atomic E-state index is -0.987. The number of carbonyl (C=O) groups excluding carboxylic acids is 1. The van der Waals surface area contributed by atoms with Crippen molar-refractivity contribution in [3.05, 3.63) is 60.7 Å². The van der Waals surface area contributed by atoms with Crippen molar-refractivity contribution in [3.63, 3.8) is 0 Å². The fourth-order valence-electron chi connectivity index (χ4n) is 5.42. The number of ether oxygens (including phenoxy) is 2. The number of aromatic carboxylic acids is 1. The minimum Gasteiger partial charge on any atom is -0.494 e. The largest absolute Gasteiger partial charge is 0.494 e. The number of carboxylic acid groups (broad SMARTS) is 1. The molecule has 0 amide bonds. The summed E-state index contributed by atoms with van der Waals surface area (Å²) in [7, 11) is 0. The zero-order valence-corrected chi connectivity index (χ0v) is 23.7. The number of unbranched alkanes of at least 4 members (excludes halogenated alkanes) is 7. The summed E-state index contributed by atoms with van der Waals surface area (Å²) >= 11 is 0. The zero-order valence-electron chi connectivity index (χ0n) is 23.7. The van der Waals surface area contributed by atoms with E-state index in [1.54, 1.807) is 30.3 Å². The Morgan fingerprint density at radius 2 is 1.59 bits per heavy atom. The van der Waals surface area contributed by atoms with Gasteiger partial charge in [0.1, 0.15) is 11.5 Å². The topological polar surface area (TPSA) is 72.8 Å². The summed E-state index contributed by atoms with van der Waals surface area (Å²) in [6, 6.07) is 12.2. The predicted molar refractivity (Wildman–Crippen MR) is 157 cm³/mol. The van der Waals surface area contributed by atoms with Crippen LogP contribution in [0.1, 0.15) is 107 Å². The van der Waals surface area contributed by atoms with Crippen LogP contribution in [0.15, 0.2) is 55.1 Å². The maximum atomic E-state index is 12.8. The highest BCUT2D eigenvalue weighted by Crippen LogP contribution is 2.34. The standard InChI is InChI=1S/C34H46O5/c1-3-5-7-9-10-12-24-38-30-22-23-31(33(35)36)32(25-30)27-18-20-29(21-19-27)39-34(37)28-16-14-26(15-17-28)13-11-8-6-4-2/h4,18-23,25-26,28H,2-3,5-17,24H2,1H3,(H,35,36). The molecule has 0 atom stereocenters. The van der Waals surface area contributed by atoms with Gasteiger partial charge in [-0.15, -0.1) is 6.58 Å². The monoisotopic (exact) mass is 534 g/mol. The van der Waals surface area contributed by atoms with Crippen LogP contribution in [-0.4, -0.2) is 23.7 Å². The third kappa shape index (κ3) is 10.2. The van der Waals surface area contributed by atoms with Crippen molar-refractivity contribution in [1.82, 2.24) is 0 Å². The van der Waals surface area contributed by atoms with Crippen LogP contribution in [-0.2, 0) is 4.79 Å². The normalized spacial score (nSPS) is 16.9. The van der Waals surface area contributed by atoms with Gasteiger partial charge in [-0.25, -0.2) is 4.79 Å². The highest BCUT2D eigenvalue weighted by Gasteiger charge is 2.27. The van der Waals surface area contributed by atoms with Gasteiger partial charge in [-0.2, -0.15) is 0 Å². The number of rotatable bonds is 17. The summed E-state index contributed by atoms with van der Waals surface area (Å²) in [4.78, 5) is 24.7. The number of benzene rings is 2. The van der Waals surface area contributed by atoms with E-state index in [9.17, 15) is 14.7 Å². The molecule has 0 aliphatic heterocycles. The van der Waals surface area contributed by atoms with Gasteiger partial charge < -0.3 is 14.6 Å². The summed E-state index contributed by atoms with van der Waals surface area (Å²) in [6.45, 7) is 6.61. The second kappa shape index (κ2) is 16.8. The average molecular weight is 535 g/mol. The molecule has 2 aromatic carbocycles. The zero-order chi connectivity index (χ0) is 27.9. The molecule has 1 saturated carbocycles. The number of hydrogen-bond acceptors (Lipinski definition) is 4. The van der Waals surface area contributed by atoms with E-state index in [1.807, 2.05) is 18.2 Å². The molecular weight excluding hydrogens is 488 g/mol. The Morgan fingerprint density at radius 1 is 0.897 bits per heavy atom. The molecular formula is C34H46O5. The maximum Gasteiger partial charge on any atom is 0.336 e. The van der Waals surface area contributed by atoms with Gasteiger partial charge in [0, 0.05) is 0 Å². The van der Waals surface area contributed by atoms with Gasteiger partial charge in [-0.3, -0.25) is 4.79 Å². The first kappa shape index (κ1) is 30.5. The first-order chi connectivity index (χ1) is 19.0. The lowest BCUT2D eigenvalue weighted by Crippen LogP contribution is -2.25. The van der Waals surface area contributed by atoms with Crippen molar-refractivity contribution < 1.29 is 24.2 Å². The van der Waals surface area contributed by atoms with Gasteiger partial charge in [0.05, 0.1) is 18.1 Å². The lowest BCUT2D eigenvalue weighted by atomic mass is 9.80. The van der Waals surface area contributed by atoms with Gasteiger partial charge >= 0.3 is 11.9 Å². The van der Waals surface area contributed by atoms with Gasteiger partial charge in [0.2, 0.25) is 0 Å². The SMILES string of the molecule is C=CCCCCC1CCC(C(=O)Oc2ccc(-c3cc(OCCCCCCCC)ccc3C(=O)O)cc2)CC1. The summed E-state index contributed by atoms with van der Waals surface area (Å²) < 4.78 is 11.6. The predicted octanol–water partition coefficient (Wildman–Crippen LogP) is 9.25. The smallest absolute Gasteiger partial charge is 0.336 e. The molecule has 0 bridgehead atoms. The van der Waals surface area contributed by atoms with Gasteiger partial charge in [-0.1, -0.05) is 70.1 Å². The highest BCUT2D eigenvalue weighted by molar-refractivity contribution is 5.96. The van der Waals surface area contributed by atoms with E-state index in [0.29, 0.717) is 29.6 Å². The molecule has 0 spiro atoms. The summed E-state index contributed by atoms with van der Waals surface area (Å²) in [6.07, 6.45) is 17.8. The number of allylic oxidation sites excluding steroid dienone is 1. The van der Waals surface area contributed by atoms with Crippen LogP contribution in [0.2, 0.25) is 0 Å². The van der Waals surface area contributed by atoms with Crippen LogP contribution in [0.3, 0.4) is 0 Å². The number of carbonyl (C=O) groups is 2. The molecule has 1 N–H and O–H groups in total. The van der Waals surface area contributed by atoms with E-state index in [4.69, 9.17) is 9.47 Å². The third-order valence-electron chi connectivity index (χ3n) is 7.82. The van der Waals surface area contributed by atoms with Gasteiger partial charge in [0.15, 0.2) is 0 Å². The van der Waals surface area contributed by atoms with Gasteiger partial charge in [-0.05, 0) is 92.3 Å². The molecule has 5 nitrogen and oxygen atoms in total. The number of carboxylic acids is 1. The van der Waals surface area contributed by atoms with Crippen molar-refractivity contribution in [2.24, 2.45) is 11.8 Å². The van der Waals surface area contributed by atoms with E-state index in [2.05, 4.69) is 13.5 Å². The van der Waals surface area contributed by atoms with Crippen molar-refractivity contribution in [1.29, 1.82) is 0 Å². The molecule has 0 radical (unpaired) electrons. The van der Waals surface area contributed by atoms with Gasteiger partial charge in [0.25, 0.3) is 0 Å². The molecule has 0 saturated heterocycles. The third-order valence-corrected chi connectivity index (χ3v) is 7.82. The lowest BCUT2D eigenvalue weighted by molar-refractivity contribution is -0.140. The number of esters is 1. The van der Waals surface area contributed by atoms with Crippen molar-refractivity contribution in [3.8, 4) is 22.6 Å². The molecule has 0 heterocycles. The van der Waals surface area contributed by atoms with E-state index in [0.717, 1.165) is 50.5 Å². The summed E-state index contributed by atoms with van der Waals surface area (Å²) in [5.41, 5.74) is 1.55. The molecule has 1 fully saturated rings. The lowest BCUT2D eigenvalue weighted by Gasteiger charge is -2.27. The van der Waals surface area contributed by atoms with Crippen molar-refractivity contribution >= 4 is 11.9 Å². The van der Waals surface area contributed by atoms with Crippen LogP contribution < -0.4 is 9.47 Å². The molecule has 2 aromatic rings. The quantitative estimate of drug-likeness (QED) is 0.0947. The molecule has 1 aliphatic rings. The first-order valence-corrected chi connectivity index (χ1v) is 14.9. The van der Waals surface area contributed by atoms with Crippen LogP contribution >= 0.6 is 0 Å². The second-order valence-electron chi connectivity index (χ2n) is 10.9. The Kier molecular flexibility index (Phi) is 13.1. The fourth-order valence-corrected chi connectivity index (χ4v) is 5.42. The Labute approximate surface area is 234 Å². The minimum absolute atomic E-state index is 0.0480. The van der Waals surface area contributed by atoms with E-state index in [-0.39, 0.29) is 17.5 Å². The maximum absolute atomic E-state index is 12.8. The Bertz CT molecular complexity index is 1030. The molecule has 5 heteroatoms. The second-order valence-corrected chi connectivity index (χ2v) is 10.9. The van der Waals surface area contributed by atoms with Crippen LogP contribution in [0.25, 0.3) is 11.1 Å². The summed E-state index contributed by atoms with van der Waals surface area (Å²) in [5.74, 6) is 0.668. The van der Waals surface area contributed by atoms with Crippen LogP contribution in [0.5, 0.6) is 11.5 Å². The van der Waals surface area contributed by atoms with E-state index >= 15 is 0 Å². The van der Waals surface area contributed by atoms with E-state index in [1.165, 1.54) is 44.9 Å². The van der Waals surface area contributed by atoms with Crippen LogP contribution in [0, 0.1) is 11.8 Å². The Balaban J connectivity index is 1.53. The average Bonchev–Trinajstić information content (AvgIpc) is 2.95.